The van der Waals surface area contributed by atoms with Crippen molar-refractivity contribution in [2.75, 3.05) is 6.54 Å². The number of hydrogen-bond donors (Lipinski definition) is 2. The average molecular weight is 197 g/mol. The maximum atomic E-state index is 10.7. The maximum absolute atomic E-state index is 10.7. The van der Waals surface area contributed by atoms with Gasteiger partial charge in [0.1, 0.15) is 0 Å². The van der Waals surface area contributed by atoms with Gasteiger partial charge in [-0.3, -0.25) is 4.79 Å². The van der Waals surface area contributed by atoms with Crippen molar-refractivity contribution in [3.8, 4) is 0 Å². The highest BCUT2D eigenvalue weighted by Crippen LogP contribution is 2.33. The normalized spacial score (nSPS) is 31.1. The molecule has 0 saturated heterocycles. The predicted octanol–water partition coefficient (Wildman–Crippen LogP) is 1.63. The first kappa shape index (κ1) is 9.97. The van der Waals surface area contributed by atoms with Crippen LogP contribution in [0.2, 0.25) is 0 Å². The highest BCUT2D eigenvalue weighted by molar-refractivity contribution is 5.72. The van der Waals surface area contributed by atoms with E-state index in [1.807, 2.05) is 0 Å². The second kappa shape index (κ2) is 4.30. The highest BCUT2D eigenvalue weighted by atomic mass is 16.4. The van der Waals surface area contributed by atoms with E-state index in [0.717, 1.165) is 25.3 Å². The molecular weight excluding hydrogens is 178 g/mol. The Morgan fingerprint density at radius 2 is 2.07 bits per heavy atom. The first-order chi connectivity index (χ1) is 6.77. The van der Waals surface area contributed by atoms with Crippen LogP contribution in [0.1, 0.15) is 38.5 Å². The SMILES string of the molecule is O=C(O)C1CCC1NCCCC1CC1. The number of hydrogen-bond acceptors (Lipinski definition) is 2. The standard InChI is InChI=1S/C11H19NO2/c13-11(14)9-5-6-10(9)12-7-1-2-8-3-4-8/h8-10,12H,1-7H2,(H,13,14). The van der Waals surface area contributed by atoms with E-state index >= 15 is 0 Å². The fourth-order valence-corrected chi connectivity index (χ4v) is 2.12. The van der Waals surface area contributed by atoms with Gasteiger partial charge in [-0.1, -0.05) is 12.8 Å². The van der Waals surface area contributed by atoms with Crippen molar-refractivity contribution in [3.63, 3.8) is 0 Å². The molecule has 2 saturated carbocycles. The topological polar surface area (TPSA) is 49.3 Å². The summed E-state index contributed by atoms with van der Waals surface area (Å²) in [6, 6.07) is 0.256. The van der Waals surface area contributed by atoms with Crippen LogP contribution in [0.4, 0.5) is 0 Å². The predicted molar refractivity (Wildman–Crippen MR) is 54.1 cm³/mol. The molecule has 2 N–H and O–H groups in total. The third-order valence-electron chi connectivity index (χ3n) is 3.48. The summed E-state index contributed by atoms with van der Waals surface area (Å²) in [5, 5.41) is 12.2. The van der Waals surface area contributed by atoms with Crippen LogP contribution in [0.15, 0.2) is 0 Å². The molecule has 0 aliphatic heterocycles. The molecule has 0 heterocycles. The van der Waals surface area contributed by atoms with Crippen LogP contribution in [0.5, 0.6) is 0 Å². The minimum Gasteiger partial charge on any atom is -0.481 e. The van der Waals surface area contributed by atoms with E-state index in [4.69, 9.17) is 5.11 Å². The second-order valence-electron chi connectivity index (χ2n) is 4.67. The minimum atomic E-state index is -0.629. The van der Waals surface area contributed by atoms with Crippen molar-refractivity contribution in [2.24, 2.45) is 11.8 Å². The molecule has 2 aliphatic rings. The molecule has 0 aromatic rings. The van der Waals surface area contributed by atoms with Gasteiger partial charge in [0.05, 0.1) is 5.92 Å². The average Bonchev–Trinajstić information content (AvgIpc) is 2.84. The van der Waals surface area contributed by atoms with Gasteiger partial charge in [-0.2, -0.15) is 0 Å². The number of carbonyl (C=O) groups is 1. The van der Waals surface area contributed by atoms with Crippen LogP contribution < -0.4 is 5.32 Å². The van der Waals surface area contributed by atoms with E-state index < -0.39 is 5.97 Å². The lowest BCUT2D eigenvalue weighted by atomic mass is 9.79. The van der Waals surface area contributed by atoms with Crippen LogP contribution >= 0.6 is 0 Å². The number of carboxylic acids is 1. The van der Waals surface area contributed by atoms with E-state index in [-0.39, 0.29) is 12.0 Å². The first-order valence-electron chi connectivity index (χ1n) is 5.73. The molecule has 0 aromatic heterocycles. The van der Waals surface area contributed by atoms with Gasteiger partial charge >= 0.3 is 5.97 Å². The zero-order valence-electron chi connectivity index (χ0n) is 8.54. The van der Waals surface area contributed by atoms with Gasteiger partial charge in [-0.15, -0.1) is 0 Å². The highest BCUT2D eigenvalue weighted by Gasteiger charge is 2.35. The molecule has 0 spiro atoms. The van der Waals surface area contributed by atoms with Crippen molar-refractivity contribution in [2.45, 2.75) is 44.6 Å². The van der Waals surface area contributed by atoms with E-state index in [9.17, 15) is 4.79 Å². The quantitative estimate of drug-likeness (QED) is 0.636. The van der Waals surface area contributed by atoms with Crippen LogP contribution in [0.25, 0.3) is 0 Å². The Balaban J connectivity index is 1.54. The van der Waals surface area contributed by atoms with E-state index in [0.29, 0.717) is 0 Å². The molecule has 0 amide bonds. The van der Waals surface area contributed by atoms with Gasteiger partial charge in [0, 0.05) is 6.04 Å². The lowest BCUT2D eigenvalue weighted by Crippen LogP contribution is -2.47. The van der Waals surface area contributed by atoms with Gasteiger partial charge in [0.15, 0.2) is 0 Å². The van der Waals surface area contributed by atoms with Crippen molar-refractivity contribution in [3.05, 3.63) is 0 Å². The monoisotopic (exact) mass is 197 g/mol. The molecule has 2 unspecified atom stereocenters. The fourth-order valence-electron chi connectivity index (χ4n) is 2.12. The molecular formula is C11H19NO2. The Bertz CT molecular complexity index is 213. The molecule has 2 aliphatic carbocycles. The lowest BCUT2D eigenvalue weighted by Gasteiger charge is -2.34. The van der Waals surface area contributed by atoms with Crippen molar-refractivity contribution >= 4 is 5.97 Å². The molecule has 80 valence electrons. The van der Waals surface area contributed by atoms with Gasteiger partial charge in [-0.25, -0.2) is 0 Å². The Morgan fingerprint density at radius 1 is 1.29 bits per heavy atom. The second-order valence-corrected chi connectivity index (χ2v) is 4.67. The summed E-state index contributed by atoms with van der Waals surface area (Å²) in [5.41, 5.74) is 0. The van der Waals surface area contributed by atoms with Gasteiger partial charge in [0.2, 0.25) is 0 Å². The summed E-state index contributed by atoms with van der Waals surface area (Å²) in [4.78, 5) is 10.7. The van der Waals surface area contributed by atoms with E-state index in [2.05, 4.69) is 5.32 Å². The van der Waals surface area contributed by atoms with Gasteiger partial charge in [0.25, 0.3) is 0 Å². The Morgan fingerprint density at radius 3 is 2.57 bits per heavy atom. The number of aliphatic carboxylic acids is 1. The molecule has 0 aromatic carbocycles. The summed E-state index contributed by atoms with van der Waals surface area (Å²) >= 11 is 0. The molecule has 0 bridgehead atoms. The third kappa shape index (κ3) is 2.47. The fraction of sp³-hybridized carbons (Fsp3) is 0.909. The minimum absolute atomic E-state index is 0.115. The van der Waals surface area contributed by atoms with E-state index in [1.165, 1.54) is 25.7 Å². The molecule has 2 fully saturated rings. The zero-order valence-corrected chi connectivity index (χ0v) is 8.54. The summed E-state index contributed by atoms with van der Waals surface area (Å²) < 4.78 is 0. The summed E-state index contributed by atoms with van der Waals surface area (Å²) in [6.07, 6.45) is 7.28. The molecule has 0 radical (unpaired) electrons. The third-order valence-corrected chi connectivity index (χ3v) is 3.48. The zero-order chi connectivity index (χ0) is 9.97. The number of nitrogens with one attached hydrogen (secondary N) is 1. The Labute approximate surface area is 84.9 Å². The van der Waals surface area contributed by atoms with Gasteiger partial charge < -0.3 is 10.4 Å². The van der Waals surface area contributed by atoms with Crippen LogP contribution in [-0.2, 0) is 4.79 Å². The first-order valence-corrected chi connectivity index (χ1v) is 5.73. The largest absolute Gasteiger partial charge is 0.481 e. The van der Waals surface area contributed by atoms with Crippen LogP contribution in [0.3, 0.4) is 0 Å². The molecule has 3 heteroatoms. The number of carboxylic acid groups (broad SMARTS) is 1. The molecule has 14 heavy (non-hydrogen) atoms. The summed E-state index contributed by atoms with van der Waals surface area (Å²) in [6.45, 7) is 1.00. The van der Waals surface area contributed by atoms with Gasteiger partial charge in [-0.05, 0) is 38.1 Å². The maximum Gasteiger partial charge on any atom is 0.308 e. The molecule has 3 nitrogen and oxygen atoms in total. The smallest absolute Gasteiger partial charge is 0.308 e. The molecule has 2 atom stereocenters. The van der Waals surface area contributed by atoms with Crippen LogP contribution in [-0.4, -0.2) is 23.7 Å². The number of rotatable bonds is 6. The Hall–Kier alpha value is -0.570. The Kier molecular flexibility index (Phi) is 3.06. The van der Waals surface area contributed by atoms with E-state index in [1.54, 1.807) is 0 Å². The van der Waals surface area contributed by atoms with Crippen molar-refractivity contribution in [1.29, 1.82) is 0 Å². The lowest BCUT2D eigenvalue weighted by molar-refractivity contribution is -0.146. The summed E-state index contributed by atoms with van der Waals surface area (Å²) in [5.74, 6) is 0.250. The van der Waals surface area contributed by atoms with Crippen molar-refractivity contribution in [1.82, 2.24) is 5.32 Å². The molecule has 2 rings (SSSR count). The van der Waals surface area contributed by atoms with Crippen molar-refractivity contribution < 1.29 is 9.90 Å². The van der Waals surface area contributed by atoms with Crippen LogP contribution in [0, 0.1) is 11.8 Å². The summed E-state index contributed by atoms with van der Waals surface area (Å²) in [7, 11) is 0.